The first-order chi connectivity index (χ1) is 8.20. The average molecular weight is 240 g/mol. The molecule has 17 heavy (non-hydrogen) atoms. The van der Waals surface area contributed by atoms with Gasteiger partial charge in [0.25, 0.3) is 0 Å². The predicted octanol–water partition coefficient (Wildman–Crippen LogP) is 3.31. The predicted molar refractivity (Wildman–Crippen MR) is 62.6 cm³/mol. The van der Waals surface area contributed by atoms with Gasteiger partial charge >= 0.3 is 0 Å². The van der Waals surface area contributed by atoms with E-state index in [9.17, 15) is 13.9 Å². The van der Waals surface area contributed by atoms with Crippen LogP contribution in [0.25, 0.3) is 0 Å². The Morgan fingerprint density at radius 2 is 1.94 bits per heavy atom. The van der Waals surface area contributed by atoms with E-state index in [1.54, 1.807) is 0 Å². The number of aliphatic hydroxyl groups excluding tert-OH is 1. The highest BCUT2D eigenvalue weighted by Crippen LogP contribution is 2.33. The highest BCUT2D eigenvalue weighted by molar-refractivity contribution is 5.19. The Balaban J connectivity index is 2.06. The van der Waals surface area contributed by atoms with Gasteiger partial charge in [-0.3, -0.25) is 0 Å². The van der Waals surface area contributed by atoms with E-state index in [4.69, 9.17) is 0 Å². The third-order valence-electron chi connectivity index (χ3n) is 3.80. The molecule has 94 valence electrons. The van der Waals surface area contributed by atoms with Crippen LogP contribution in [-0.4, -0.2) is 11.7 Å². The van der Waals surface area contributed by atoms with E-state index < -0.39 is 11.6 Å². The van der Waals surface area contributed by atoms with Crippen molar-refractivity contribution in [2.75, 3.05) is 6.61 Å². The SMILES string of the molecule is OCC(Cc1ccc(F)cc1F)C1CCCC1. The number of benzene rings is 1. The Morgan fingerprint density at radius 1 is 1.24 bits per heavy atom. The first kappa shape index (κ1) is 12.5. The Bertz CT molecular complexity index is 372. The summed E-state index contributed by atoms with van der Waals surface area (Å²) in [4.78, 5) is 0. The molecule has 1 atom stereocenters. The number of rotatable bonds is 4. The lowest BCUT2D eigenvalue weighted by Crippen LogP contribution is -2.19. The molecule has 1 aliphatic carbocycles. The summed E-state index contributed by atoms with van der Waals surface area (Å²) in [6.07, 6.45) is 5.15. The van der Waals surface area contributed by atoms with Gasteiger partial charge in [-0.05, 0) is 29.9 Å². The molecule has 1 fully saturated rings. The Kier molecular flexibility index (Phi) is 4.11. The number of hydrogen-bond donors (Lipinski definition) is 1. The van der Waals surface area contributed by atoms with E-state index >= 15 is 0 Å². The molecule has 1 aromatic rings. The number of halogens is 2. The lowest BCUT2D eigenvalue weighted by Gasteiger charge is -2.21. The molecule has 3 heteroatoms. The molecule has 1 nitrogen and oxygen atoms in total. The summed E-state index contributed by atoms with van der Waals surface area (Å²) in [5, 5.41) is 9.40. The standard InChI is InChI=1S/C14H18F2O/c15-13-6-5-11(14(16)8-13)7-12(9-17)10-3-1-2-4-10/h5-6,8,10,12,17H,1-4,7,9H2. The summed E-state index contributed by atoms with van der Waals surface area (Å²) in [6, 6.07) is 3.68. The quantitative estimate of drug-likeness (QED) is 0.856. The average Bonchev–Trinajstić information content (AvgIpc) is 2.81. The smallest absolute Gasteiger partial charge is 0.129 e. The van der Waals surface area contributed by atoms with Gasteiger partial charge in [-0.15, -0.1) is 0 Å². The summed E-state index contributed by atoms with van der Waals surface area (Å²) in [5.41, 5.74) is 0.511. The highest BCUT2D eigenvalue weighted by atomic mass is 19.1. The van der Waals surface area contributed by atoms with Crippen molar-refractivity contribution in [2.24, 2.45) is 11.8 Å². The first-order valence-electron chi connectivity index (χ1n) is 6.25. The van der Waals surface area contributed by atoms with E-state index in [1.807, 2.05) is 0 Å². The van der Waals surface area contributed by atoms with Crippen LogP contribution in [0.2, 0.25) is 0 Å². The van der Waals surface area contributed by atoms with E-state index in [0.717, 1.165) is 18.9 Å². The largest absolute Gasteiger partial charge is 0.396 e. The van der Waals surface area contributed by atoms with Gasteiger partial charge in [-0.1, -0.05) is 31.7 Å². The minimum Gasteiger partial charge on any atom is -0.396 e. The maximum Gasteiger partial charge on any atom is 0.129 e. The zero-order valence-corrected chi connectivity index (χ0v) is 9.83. The summed E-state index contributed by atoms with van der Waals surface area (Å²) >= 11 is 0. The topological polar surface area (TPSA) is 20.2 Å². The van der Waals surface area contributed by atoms with Gasteiger partial charge in [-0.25, -0.2) is 8.78 Å². The maximum atomic E-state index is 13.5. The molecule has 0 aliphatic heterocycles. The van der Waals surface area contributed by atoms with Gasteiger partial charge in [0, 0.05) is 12.7 Å². The third kappa shape index (κ3) is 3.03. The van der Waals surface area contributed by atoms with Crippen LogP contribution in [-0.2, 0) is 6.42 Å². The monoisotopic (exact) mass is 240 g/mol. The van der Waals surface area contributed by atoms with Crippen LogP contribution in [0, 0.1) is 23.5 Å². The van der Waals surface area contributed by atoms with Crippen LogP contribution in [0.4, 0.5) is 8.78 Å². The fourth-order valence-electron chi connectivity index (χ4n) is 2.78. The molecule has 0 bridgehead atoms. The van der Waals surface area contributed by atoms with Gasteiger partial charge in [0.15, 0.2) is 0 Å². The number of aliphatic hydroxyl groups is 1. The molecule has 1 unspecified atom stereocenters. The molecule has 0 spiro atoms. The van der Waals surface area contributed by atoms with Crippen molar-refractivity contribution in [1.82, 2.24) is 0 Å². The lowest BCUT2D eigenvalue weighted by molar-refractivity contribution is 0.175. The van der Waals surface area contributed by atoms with Crippen molar-refractivity contribution in [3.05, 3.63) is 35.4 Å². The van der Waals surface area contributed by atoms with E-state index in [2.05, 4.69) is 0 Å². The van der Waals surface area contributed by atoms with Crippen molar-refractivity contribution in [3.8, 4) is 0 Å². The molecular weight excluding hydrogens is 222 g/mol. The van der Waals surface area contributed by atoms with Gasteiger partial charge in [0.05, 0.1) is 0 Å². The Hall–Kier alpha value is -0.960. The van der Waals surface area contributed by atoms with Crippen LogP contribution in [0.5, 0.6) is 0 Å². The molecule has 0 saturated heterocycles. The van der Waals surface area contributed by atoms with Crippen LogP contribution >= 0.6 is 0 Å². The fourth-order valence-corrected chi connectivity index (χ4v) is 2.78. The van der Waals surface area contributed by atoms with Crippen LogP contribution < -0.4 is 0 Å². The van der Waals surface area contributed by atoms with E-state index in [-0.39, 0.29) is 12.5 Å². The molecule has 2 rings (SSSR count). The Morgan fingerprint density at radius 3 is 2.53 bits per heavy atom. The second-order valence-corrected chi connectivity index (χ2v) is 4.93. The molecule has 1 N–H and O–H groups in total. The van der Waals surface area contributed by atoms with Crippen molar-refractivity contribution < 1.29 is 13.9 Å². The van der Waals surface area contributed by atoms with Crippen LogP contribution in [0.15, 0.2) is 18.2 Å². The number of hydrogen-bond acceptors (Lipinski definition) is 1. The molecule has 1 aromatic carbocycles. The zero-order valence-electron chi connectivity index (χ0n) is 9.83. The van der Waals surface area contributed by atoms with E-state index in [0.29, 0.717) is 17.9 Å². The second-order valence-electron chi connectivity index (χ2n) is 4.93. The fraction of sp³-hybridized carbons (Fsp3) is 0.571. The van der Waals surface area contributed by atoms with Gasteiger partial charge in [0.2, 0.25) is 0 Å². The minimum atomic E-state index is -0.548. The van der Waals surface area contributed by atoms with Crippen molar-refractivity contribution >= 4 is 0 Å². The van der Waals surface area contributed by atoms with E-state index in [1.165, 1.54) is 25.0 Å². The molecular formula is C14H18F2O. The Labute approximate surface area is 100 Å². The summed E-state index contributed by atoms with van der Waals surface area (Å²) in [6.45, 7) is 0.0848. The van der Waals surface area contributed by atoms with Gasteiger partial charge in [0.1, 0.15) is 11.6 Å². The first-order valence-corrected chi connectivity index (χ1v) is 6.25. The molecule has 0 radical (unpaired) electrons. The molecule has 1 aliphatic rings. The van der Waals surface area contributed by atoms with Gasteiger partial charge in [-0.2, -0.15) is 0 Å². The summed E-state index contributed by atoms with van der Waals surface area (Å²) < 4.78 is 26.3. The van der Waals surface area contributed by atoms with Crippen molar-refractivity contribution in [1.29, 1.82) is 0 Å². The summed E-state index contributed by atoms with van der Waals surface area (Å²) in [5.74, 6) is -0.448. The second kappa shape index (κ2) is 5.58. The minimum absolute atomic E-state index is 0.0848. The molecule has 0 heterocycles. The van der Waals surface area contributed by atoms with Gasteiger partial charge < -0.3 is 5.11 Å². The van der Waals surface area contributed by atoms with Crippen molar-refractivity contribution in [3.63, 3.8) is 0 Å². The lowest BCUT2D eigenvalue weighted by atomic mass is 9.86. The molecule has 0 amide bonds. The maximum absolute atomic E-state index is 13.5. The summed E-state index contributed by atoms with van der Waals surface area (Å²) in [7, 11) is 0. The zero-order chi connectivity index (χ0) is 12.3. The molecule has 1 saturated carbocycles. The third-order valence-corrected chi connectivity index (χ3v) is 3.80. The normalized spacial score (nSPS) is 18.5. The highest BCUT2D eigenvalue weighted by Gasteiger charge is 2.25. The van der Waals surface area contributed by atoms with Crippen LogP contribution in [0.1, 0.15) is 31.2 Å². The van der Waals surface area contributed by atoms with Crippen molar-refractivity contribution in [2.45, 2.75) is 32.1 Å². The van der Waals surface area contributed by atoms with Crippen LogP contribution in [0.3, 0.4) is 0 Å². The molecule has 0 aromatic heterocycles.